The zero-order valence-electron chi connectivity index (χ0n) is 6.99. The number of benzene rings is 1. The largest absolute Gasteiger partial charge is 0.490 e. The zero-order valence-corrected chi connectivity index (χ0v) is 7.75. The molecule has 0 amide bonds. The van der Waals surface area contributed by atoms with Gasteiger partial charge in [0.25, 0.3) is 0 Å². The van der Waals surface area contributed by atoms with Gasteiger partial charge >= 0.3 is 5.69 Å². The lowest BCUT2D eigenvalue weighted by Gasteiger charge is -2.02. The van der Waals surface area contributed by atoms with Crippen LogP contribution >= 0.6 is 11.6 Å². The number of hydrogen-bond acceptors (Lipinski definition) is 3. The Morgan fingerprint density at radius 3 is 2.77 bits per heavy atom. The van der Waals surface area contributed by atoms with Crippen LogP contribution in [-0.4, -0.2) is 12.0 Å². The lowest BCUT2D eigenvalue weighted by Crippen LogP contribution is -1.94. The van der Waals surface area contributed by atoms with E-state index in [1.165, 1.54) is 19.2 Å². The van der Waals surface area contributed by atoms with Crippen molar-refractivity contribution in [2.45, 2.75) is 5.88 Å². The van der Waals surface area contributed by atoms with Crippen molar-refractivity contribution in [3.05, 3.63) is 33.9 Å². The van der Waals surface area contributed by atoms with Crippen molar-refractivity contribution in [1.29, 1.82) is 0 Å². The third kappa shape index (κ3) is 2.09. The van der Waals surface area contributed by atoms with Crippen molar-refractivity contribution < 1.29 is 9.66 Å². The lowest BCUT2D eigenvalue weighted by molar-refractivity contribution is -0.385. The number of nitrogens with zero attached hydrogens (tertiary/aromatic N) is 1. The Kier molecular flexibility index (Phi) is 3.08. The summed E-state index contributed by atoms with van der Waals surface area (Å²) in [5, 5.41) is 10.5. The van der Waals surface area contributed by atoms with Crippen LogP contribution in [0.15, 0.2) is 18.2 Å². The monoisotopic (exact) mass is 201 g/mol. The van der Waals surface area contributed by atoms with Crippen LogP contribution in [0.2, 0.25) is 0 Å². The molecule has 1 aromatic rings. The maximum atomic E-state index is 10.5. The Bertz CT molecular complexity index is 327. The van der Waals surface area contributed by atoms with Gasteiger partial charge in [-0.25, -0.2) is 0 Å². The first-order valence-electron chi connectivity index (χ1n) is 3.56. The quantitative estimate of drug-likeness (QED) is 0.429. The first kappa shape index (κ1) is 9.80. The van der Waals surface area contributed by atoms with Crippen molar-refractivity contribution in [2.24, 2.45) is 0 Å². The molecule has 0 saturated heterocycles. The maximum absolute atomic E-state index is 10.5. The maximum Gasteiger partial charge on any atom is 0.311 e. The highest BCUT2D eigenvalue weighted by atomic mass is 35.5. The van der Waals surface area contributed by atoms with E-state index in [4.69, 9.17) is 16.3 Å². The summed E-state index contributed by atoms with van der Waals surface area (Å²) in [7, 11) is 1.39. The van der Waals surface area contributed by atoms with Gasteiger partial charge in [0.1, 0.15) is 0 Å². The highest BCUT2D eigenvalue weighted by Crippen LogP contribution is 2.27. The van der Waals surface area contributed by atoms with Crippen molar-refractivity contribution in [3.63, 3.8) is 0 Å². The summed E-state index contributed by atoms with van der Waals surface area (Å²) < 4.78 is 4.82. The topological polar surface area (TPSA) is 52.4 Å². The van der Waals surface area contributed by atoms with Crippen LogP contribution in [0.3, 0.4) is 0 Å². The van der Waals surface area contributed by atoms with Crippen LogP contribution < -0.4 is 4.74 Å². The summed E-state index contributed by atoms with van der Waals surface area (Å²) in [5.74, 6) is 0.504. The molecule has 13 heavy (non-hydrogen) atoms. The van der Waals surface area contributed by atoms with Gasteiger partial charge < -0.3 is 4.74 Å². The second-order valence-electron chi connectivity index (χ2n) is 2.40. The minimum atomic E-state index is -0.491. The summed E-state index contributed by atoms with van der Waals surface area (Å²) in [6.45, 7) is 0. The van der Waals surface area contributed by atoms with Gasteiger partial charge in [0.15, 0.2) is 5.75 Å². The zero-order chi connectivity index (χ0) is 9.84. The lowest BCUT2D eigenvalue weighted by atomic mass is 10.2. The number of nitro groups is 1. The molecule has 0 unspecified atom stereocenters. The molecule has 0 aliphatic heterocycles. The number of rotatable bonds is 3. The second-order valence-corrected chi connectivity index (χ2v) is 2.66. The standard InChI is InChI=1S/C8H8ClNO3/c1-13-8-3-2-6(5-9)4-7(8)10(11)12/h2-4H,5H2,1H3. The third-order valence-corrected chi connectivity index (χ3v) is 1.90. The van der Waals surface area contributed by atoms with Gasteiger partial charge in [0, 0.05) is 11.9 Å². The number of nitro benzene ring substituents is 1. The second kappa shape index (κ2) is 4.09. The molecule has 0 aromatic heterocycles. The third-order valence-electron chi connectivity index (χ3n) is 1.59. The molecule has 1 rings (SSSR count). The summed E-state index contributed by atoms with van der Waals surface area (Å²) in [4.78, 5) is 10.0. The van der Waals surface area contributed by atoms with Crippen LogP contribution in [0.1, 0.15) is 5.56 Å². The fourth-order valence-electron chi connectivity index (χ4n) is 0.961. The molecule has 0 fully saturated rings. The van der Waals surface area contributed by atoms with Gasteiger partial charge in [-0.2, -0.15) is 0 Å². The van der Waals surface area contributed by atoms with Gasteiger partial charge in [-0.15, -0.1) is 11.6 Å². The highest BCUT2D eigenvalue weighted by molar-refractivity contribution is 6.17. The molecular formula is C8H8ClNO3. The molecule has 0 heterocycles. The van der Waals surface area contributed by atoms with E-state index in [1.807, 2.05) is 0 Å². The van der Waals surface area contributed by atoms with Gasteiger partial charge in [-0.3, -0.25) is 10.1 Å². The van der Waals surface area contributed by atoms with Crippen LogP contribution in [0.5, 0.6) is 5.75 Å². The van der Waals surface area contributed by atoms with E-state index < -0.39 is 4.92 Å². The number of alkyl halides is 1. The molecular weight excluding hydrogens is 194 g/mol. The molecule has 1 aromatic carbocycles. The van der Waals surface area contributed by atoms with E-state index in [-0.39, 0.29) is 17.3 Å². The average molecular weight is 202 g/mol. The fraction of sp³-hybridized carbons (Fsp3) is 0.250. The highest BCUT2D eigenvalue weighted by Gasteiger charge is 2.14. The van der Waals surface area contributed by atoms with Crippen molar-refractivity contribution in [3.8, 4) is 5.75 Å². The summed E-state index contributed by atoms with van der Waals surface area (Å²) in [6.07, 6.45) is 0. The first-order valence-corrected chi connectivity index (χ1v) is 4.09. The van der Waals surface area contributed by atoms with E-state index in [0.29, 0.717) is 5.56 Å². The number of ether oxygens (including phenoxy) is 1. The molecule has 0 atom stereocenters. The van der Waals surface area contributed by atoms with Gasteiger partial charge in [-0.05, 0) is 11.6 Å². The number of methoxy groups -OCH3 is 1. The van der Waals surface area contributed by atoms with Crippen molar-refractivity contribution in [1.82, 2.24) is 0 Å². The Morgan fingerprint density at radius 2 is 2.31 bits per heavy atom. The fourth-order valence-corrected chi connectivity index (χ4v) is 1.13. The van der Waals surface area contributed by atoms with E-state index >= 15 is 0 Å². The molecule has 0 aliphatic rings. The molecule has 5 heteroatoms. The van der Waals surface area contributed by atoms with Crippen LogP contribution in [-0.2, 0) is 5.88 Å². The van der Waals surface area contributed by atoms with Gasteiger partial charge in [-0.1, -0.05) is 6.07 Å². The molecule has 0 radical (unpaired) electrons. The molecule has 0 N–H and O–H groups in total. The van der Waals surface area contributed by atoms with E-state index in [2.05, 4.69) is 0 Å². The smallest absolute Gasteiger partial charge is 0.311 e. The summed E-state index contributed by atoms with van der Waals surface area (Å²) >= 11 is 5.54. The first-order chi connectivity index (χ1) is 6.19. The van der Waals surface area contributed by atoms with Gasteiger partial charge in [0.05, 0.1) is 12.0 Å². The molecule has 0 spiro atoms. The number of halogens is 1. The van der Waals surface area contributed by atoms with E-state index in [1.54, 1.807) is 6.07 Å². The van der Waals surface area contributed by atoms with Crippen LogP contribution in [0, 0.1) is 10.1 Å². The van der Waals surface area contributed by atoms with Crippen molar-refractivity contribution >= 4 is 17.3 Å². The predicted molar refractivity (Wildman–Crippen MR) is 49.2 cm³/mol. The average Bonchev–Trinajstić information content (AvgIpc) is 2.16. The minimum Gasteiger partial charge on any atom is -0.490 e. The Hall–Kier alpha value is -1.29. The molecule has 4 nitrogen and oxygen atoms in total. The van der Waals surface area contributed by atoms with E-state index in [9.17, 15) is 10.1 Å². The van der Waals surface area contributed by atoms with Gasteiger partial charge in [0.2, 0.25) is 0 Å². The molecule has 70 valence electrons. The molecule has 0 bridgehead atoms. The molecule has 0 saturated carbocycles. The van der Waals surface area contributed by atoms with E-state index in [0.717, 1.165) is 0 Å². The minimum absolute atomic E-state index is 0.0550. The summed E-state index contributed by atoms with van der Waals surface area (Å²) in [5.41, 5.74) is 0.648. The van der Waals surface area contributed by atoms with Crippen molar-refractivity contribution in [2.75, 3.05) is 7.11 Å². The Morgan fingerprint density at radius 1 is 1.62 bits per heavy atom. The Labute approximate surface area is 80.2 Å². The summed E-state index contributed by atoms with van der Waals surface area (Å²) in [6, 6.07) is 4.64. The van der Waals surface area contributed by atoms with Crippen LogP contribution in [0.25, 0.3) is 0 Å². The van der Waals surface area contributed by atoms with Crippen LogP contribution in [0.4, 0.5) is 5.69 Å². The number of hydrogen-bond donors (Lipinski definition) is 0. The predicted octanol–water partition coefficient (Wildman–Crippen LogP) is 2.34. The normalized spacial score (nSPS) is 9.69. The Balaban J connectivity index is 3.18. The SMILES string of the molecule is COc1ccc(CCl)cc1[N+](=O)[O-]. The molecule has 0 aliphatic carbocycles.